The average Bonchev–Trinajstić information content (AvgIpc) is 3.60. The van der Waals surface area contributed by atoms with Gasteiger partial charge in [-0.3, -0.25) is 19.2 Å². The fraction of sp³-hybridized carbons (Fsp3) is 0.316. The van der Waals surface area contributed by atoms with Crippen molar-refractivity contribution >= 4 is 35.5 Å². The Kier molecular flexibility index (Phi) is 25.0. The molecule has 0 aromatic heterocycles. The maximum absolute atomic E-state index is 12.9. The fourth-order valence-corrected chi connectivity index (χ4v) is 7.64. The van der Waals surface area contributed by atoms with Crippen molar-refractivity contribution in [2.24, 2.45) is 21.7 Å². The Morgan fingerprint density at radius 2 is 0.547 bits per heavy atom. The van der Waals surface area contributed by atoms with Gasteiger partial charge in [-0.1, -0.05) is 180 Å². The smallest absolute Gasteiger partial charge is 0.316 e. The zero-order chi connectivity index (χ0) is 63.4. The zero-order valence-electron chi connectivity index (χ0n) is 52.9. The van der Waals surface area contributed by atoms with E-state index in [1.807, 2.05) is 192 Å². The van der Waals surface area contributed by atoms with Crippen molar-refractivity contribution < 1.29 is 42.5 Å². The predicted octanol–water partition coefficient (Wildman–Crippen LogP) is 21.0. The summed E-state index contributed by atoms with van der Waals surface area (Å²) in [6.45, 7) is 29.5. The van der Waals surface area contributed by atoms with Crippen LogP contribution in [0.25, 0.3) is 44.5 Å². The lowest BCUT2D eigenvalue weighted by molar-refractivity contribution is -0.144. The number of benzene rings is 8. The summed E-state index contributed by atoms with van der Waals surface area (Å²) in [6.07, 6.45) is 2.98. The lowest BCUT2D eigenvalue weighted by Gasteiger charge is -2.20. The van der Waals surface area contributed by atoms with Crippen LogP contribution in [0.1, 0.15) is 140 Å². The maximum atomic E-state index is 12.9. The molecule has 8 aromatic carbocycles. The van der Waals surface area contributed by atoms with E-state index in [1.54, 1.807) is 24.3 Å². The van der Waals surface area contributed by atoms with Crippen molar-refractivity contribution in [3.63, 3.8) is 0 Å². The number of esters is 4. The van der Waals surface area contributed by atoms with E-state index in [0.29, 0.717) is 33.9 Å². The number of ether oxygens (including phenoxy) is 4. The van der Waals surface area contributed by atoms with Gasteiger partial charge in [-0.25, -0.2) is 4.39 Å². The minimum atomic E-state index is -0.490. The van der Waals surface area contributed by atoms with Crippen molar-refractivity contribution in [2.45, 2.75) is 135 Å². The van der Waals surface area contributed by atoms with Gasteiger partial charge in [-0.15, -0.1) is 0 Å². The van der Waals surface area contributed by atoms with Gasteiger partial charge in [-0.2, -0.15) is 0 Å². The van der Waals surface area contributed by atoms with Gasteiger partial charge in [0, 0.05) is 5.02 Å². The van der Waals surface area contributed by atoms with Crippen LogP contribution in [-0.4, -0.2) is 23.9 Å². The molecule has 0 spiro atoms. The second-order valence-electron chi connectivity index (χ2n) is 24.3. The highest BCUT2D eigenvalue weighted by atomic mass is 35.5. The Morgan fingerprint density at radius 3 is 0.767 bits per heavy atom. The molecule has 0 saturated heterocycles. The van der Waals surface area contributed by atoms with Gasteiger partial charge in [0.1, 0.15) is 28.8 Å². The predicted molar refractivity (Wildman–Crippen MR) is 350 cm³/mol. The molecule has 0 aliphatic heterocycles. The minimum Gasteiger partial charge on any atom is -0.426 e. The van der Waals surface area contributed by atoms with Crippen LogP contribution in [0.4, 0.5) is 4.39 Å². The Bertz CT molecular complexity index is 3140. The summed E-state index contributed by atoms with van der Waals surface area (Å²) >= 11 is 5.88. The summed E-state index contributed by atoms with van der Waals surface area (Å²) in [5.74, 6) is 1.74. The van der Waals surface area contributed by atoms with Crippen LogP contribution in [0, 0.1) is 34.4 Å². The van der Waals surface area contributed by atoms with Crippen LogP contribution >= 0.6 is 11.6 Å². The third kappa shape index (κ3) is 20.5. The molecule has 10 heteroatoms. The van der Waals surface area contributed by atoms with Crippen molar-refractivity contribution in [3.05, 3.63) is 216 Å². The minimum absolute atomic E-state index is 0.186. The van der Waals surface area contributed by atoms with E-state index in [1.165, 1.54) is 28.8 Å². The molecule has 0 heterocycles. The zero-order valence-corrected chi connectivity index (χ0v) is 53.7. The number of carbonyl (C=O) groups excluding carboxylic acids is 4. The van der Waals surface area contributed by atoms with Crippen molar-refractivity contribution in [2.75, 3.05) is 0 Å². The standard InChI is InChI=1S/C21H26O2.C19H22O2.C18H19ClO2.C18H19FO2/c1-6-21(4,5)20(22)23-19-13-11-18(12-14-19)17-9-7-16(8-10-17)15(2)3;1-5-19(3,4)18(20)21-17-12-10-16(11-13-17)15-8-6-14(2)7-9-15;2*1-4-18(2,3)17(20)21-16-11-7-14(8-12-16)13-5-9-15(19)10-6-13/h7-15H,6H2,1-5H3;6-13H,5H2,1-4H3;2*5-12H,4H2,1-3H3. The molecule has 0 fully saturated rings. The van der Waals surface area contributed by atoms with Crippen molar-refractivity contribution in [1.82, 2.24) is 0 Å². The van der Waals surface area contributed by atoms with Gasteiger partial charge in [0.2, 0.25) is 0 Å². The first-order chi connectivity index (χ1) is 40.6. The number of rotatable bonds is 17. The van der Waals surface area contributed by atoms with Crippen LogP contribution in [-0.2, 0) is 19.2 Å². The molecule has 0 radical (unpaired) electrons. The Hall–Kier alpha value is -8.14. The Labute approximate surface area is 516 Å². The molecule has 0 saturated carbocycles. The molecule has 86 heavy (non-hydrogen) atoms. The second-order valence-corrected chi connectivity index (χ2v) is 24.7. The van der Waals surface area contributed by atoms with E-state index >= 15 is 0 Å². The number of halogens is 2. The van der Waals surface area contributed by atoms with Gasteiger partial charge in [0.25, 0.3) is 0 Å². The van der Waals surface area contributed by atoms with E-state index < -0.39 is 21.7 Å². The Morgan fingerprint density at radius 1 is 0.349 bits per heavy atom. The summed E-state index contributed by atoms with van der Waals surface area (Å²) in [6, 6.07) is 60.9. The van der Waals surface area contributed by atoms with Crippen LogP contribution < -0.4 is 18.9 Å². The van der Waals surface area contributed by atoms with E-state index in [0.717, 1.165) is 64.6 Å². The van der Waals surface area contributed by atoms with Crippen molar-refractivity contribution in [1.29, 1.82) is 0 Å². The maximum Gasteiger partial charge on any atom is 0.316 e. The quantitative estimate of drug-likeness (QED) is 0.0656. The third-order valence-corrected chi connectivity index (χ3v) is 15.9. The molecule has 8 aromatic rings. The monoisotopic (exact) mass is 1180 g/mol. The number of hydrogen-bond acceptors (Lipinski definition) is 8. The summed E-state index contributed by atoms with van der Waals surface area (Å²) in [5.41, 5.74) is 9.28. The molecule has 452 valence electrons. The molecular weight excluding hydrogens is 1100 g/mol. The number of carbonyl (C=O) groups is 4. The molecule has 0 bridgehead atoms. The molecule has 0 atom stereocenters. The average molecular weight is 1180 g/mol. The van der Waals surface area contributed by atoms with E-state index in [4.69, 9.17) is 30.5 Å². The van der Waals surface area contributed by atoms with Crippen LogP contribution in [0.3, 0.4) is 0 Å². The topological polar surface area (TPSA) is 105 Å². The van der Waals surface area contributed by atoms with Gasteiger partial charge < -0.3 is 18.9 Å². The van der Waals surface area contributed by atoms with Crippen molar-refractivity contribution in [3.8, 4) is 67.5 Å². The normalized spacial score (nSPS) is 11.3. The summed E-state index contributed by atoms with van der Waals surface area (Å²) in [4.78, 5) is 48.1. The van der Waals surface area contributed by atoms with E-state index in [2.05, 4.69) is 69.3 Å². The fourth-order valence-electron chi connectivity index (χ4n) is 7.51. The summed E-state index contributed by atoms with van der Waals surface area (Å²) < 4.78 is 34.6. The van der Waals surface area contributed by atoms with E-state index in [-0.39, 0.29) is 29.7 Å². The second kappa shape index (κ2) is 31.3. The van der Waals surface area contributed by atoms with Crippen LogP contribution in [0.15, 0.2) is 194 Å². The number of hydrogen-bond donors (Lipinski definition) is 0. The molecule has 0 N–H and O–H groups in total. The van der Waals surface area contributed by atoms with Gasteiger partial charge in [0.15, 0.2) is 0 Å². The SMILES string of the molecule is CCC(C)(C)C(=O)Oc1ccc(-c2ccc(C(C)C)cc2)cc1.CCC(C)(C)C(=O)Oc1ccc(-c2ccc(C)cc2)cc1.CCC(C)(C)C(=O)Oc1ccc(-c2ccc(Cl)cc2)cc1.CCC(C)(C)C(=O)Oc1ccc(-c2ccc(F)cc2)cc1. The van der Waals surface area contributed by atoms with Gasteiger partial charge in [0.05, 0.1) is 21.7 Å². The largest absolute Gasteiger partial charge is 0.426 e. The first kappa shape index (κ1) is 68.6. The van der Waals surface area contributed by atoms with E-state index in [9.17, 15) is 23.6 Å². The number of aryl methyl sites for hydroxylation is 1. The molecule has 8 rings (SSSR count). The molecule has 0 amide bonds. The highest BCUT2D eigenvalue weighted by Crippen LogP contribution is 2.32. The molecule has 0 aliphatic rings. The third-order valence-electron chi connectivity index (χ3n) is 15.7. The van der Waals surface area contributed by atoms with Gasteiger partial charge >= 0.3 is 23.9 Å². The Balaban J connectivity index is 0.000000209. The van der Waals surface area contributed by atoms with Crippen LogP contribution in [0.2, 0.25) is 5.02 Å². The van der Waals surface area contributed by atoms with Gasteiger partial charge in [-0.05, 0) is 217 Å². The molecule has 0 unspecified atom stereocenters. The molecular formula is C76H86ClFO8. The lowest BCUT2D eigenvalue weighted by Crippen LogP contribution is -2.28. The molecule has 8 nitrogen and oxygen atoms in total. The first-order valence-electron chi connectivity index (χ1n) is 29.6. The van der Waals surface area contributed by atoms with Crippen LogP contribution in [0.5, 0.6) is 23.0 Å². The molecule has 0 aliphatic carbocycles. The highest BCUT2D eigenvalue weighted by molar-refractivity contribution is 6.30. The summed E-state index contributed by atoms with van der Waals surface area (Å²) in [7, 11) is 0. The first-order valence-corrected chi connectivity index (χ1v) is 30.0. The highest BCUT2D eigenvalue weighted by Gasteiger charge is 2.30. The lowest BCUT2D eigenvalue weighted by atomic mass is 9.91. The summed E-state index contributed by atoms with van der Waals surface area (Å²) in [5, 5.41) is 0.714.